The number of anilines is 1. The first-order valence-electron chi connectivity index (χ1n) is 8.57. The molecule has 3 heteroatoms. The van der Waals surface area contributed by atoms with Crippen LogP contribution >= 0.6 is 12.2 Å². The highest BCUT2D eigenvalue weighted by molar-refractivity contribution is 7.80. The minimum absolute atomic E-state index is 0.224. The van der Waals surface area contributed by atoms with E-state index in [0.717, 1.165) is 18.1 Å². The average molecular weight is 317 g/mol. The Bertz CT molecular complexity index is 573. The van der Waals surface area contributed by atoms with Gasteiger partial charge < -0.3 is 9.80 Å². The van der Waals surface area contributed by atoms with Crippen molar-refractivity contribution in [3.05, 3.63) is 29.3 Å². The van der Waals surface area contributed by atoms with Crippen LogP contribution < -0.4 is 4.90 Å². The van der Waals surface area contributed by atoms with Gasteiger partial charge in [-0.25, -0.2) is 0 Å². The molecular weight excluding hydrogens is 288 g/mol. The fourth-order valence-electron chi connectivity index (χ4n) is 3.99. The van der Waals surface area contributed by atoms with Gasteiger partial charge in [0, 0.05) is 36.9 Å². The summed E-state index contributed by atoms with van der Waals surface area (Å²) < 4.78 is 0. The largest absolute Gasteiger partial charge is 0.369 e. The summed E-state index contributed by atoms with van der Waals surface area (Å²) in [4.78, 5) is 5.86. The second-order valence-electron chi connectivity index (χ2n) is 7.60. The number of fused-ring (bicyclic) bond motifs is 1. The molecule has 0 amide bonds. The molecular formula is C19H28N2S. The van der Waals surface area contributed by atoms with Crippen LogP contribution in [0.5, 0.6) is 0 Å². The van der Waals surface area contributed by atoms with Gasteiger partial charge in [0.2, 0.25) is 0 Å². The minimum atomic E-state index is 0.224. The number of hydrogen-bond donors (Lipinski definition) is 0. The Kier molecular flexibility index (Phi) is 4.19. The Labute approximate surface area is 140 Å². The van der Waals surface area contributed by atoms with Crippen molar-refractivity contribution in [2.45, 2.75) is 57.9 Å². The van der Waals surface area contributed by atoms with Gasteiger partial charge in [-0.3, -0.25) is 0 Å². The first-order valence-corrected chi connectivity index (χ1v) is 8.98. The maximum Gasteiger partial charge on any atom is 0.109 e. The van der Waals surface area contributed by atoms with Gasteiger partial charge in [0.25, 0.3) is 0 Å². The minimum Gasteiger partial charge on any atom is -0.369 e. The molecule has 1 fully saturated rings. The zero-order valence-electron chi connectivity index (χ0n) is 14.4. The molecule has 0 unspecified atom stereocenters. The Morgan fingerprint density at radius 1 is 1.18 bits per heavy atom. The van der Waals surface area contributed by atoms with Crippen LogP contribution in [0.1, 0.15) is 63.5 Å². The Balaban J connectivity index is 1.91. The van der Waals surface area contributed by atoms with E-state index in [1.165, 1.54) is 42.5 Å². The summed E-state index contributed by atoms with van der Waals surface area (Å²) in [5.74, 6) is 0.588. The van der Waals surface area contributed by atoms with Crippen molar-refractivity contribution in [3.8, 4) is 0 Å². The molecule has 120 valence electrons. The lowest BCUT2D eigenvalue weighted by Crippen LogP contribution is -2.45. The van der Waals surface area contributed by atoms with Crippen LogP contribution in [0.4, 0.5) is 5.69 Å². The summed E-state index contributed by atoms with van der Waals surface area (Å²) in [6, 6.07) is 6.85. The third-order valence-corrected chi connectivity index (χ3v) is 6.02. The van der Waals surface area contributed by atoms with Crippen molar-refractivity contribution < 1.29 is 0 Å². The molecule has 0 bridgehead atoms. The predicted octanol–water partition coefficient (Wildman–Crippen LogP) is 4.57. The average Bonchev–Trinajstić information content (AvgIpc) is 2.52. The highest BCUT2D eigenvalue weighted by Gasteiger charge is 2.34. The van der Waals surface area contributed by atoms with Gasteiger partial charge in [0.05, 0.1) is 0 Å². The number of nitrogens with zero attached hydrogens (tertiary/aromatic N) is 2. The van der Waals surface area contributed by atoms with E-state index >= 15 is 0 Å². The Morgan fingerprint density at radius 2 is 1.86 bits per heavy atom. The fourth-order valence-corrected chi connectivity index (χ4v) is 4.30. The molecule has 0 N–H and O–H groups in total. The molecule has 1 atom stereocenters. The lowest BCUT2D eigenvalue weighted by molar-refractivity contribution is 0.347. The molecule has 0 aliphatic carbocycles. The van der Waals surface area contributed by atoms with Crippen LogP contribution in [-0.2, 0) is 0 Å². The van der Waals surface area contributed by atoms with Gasteiger partial charge in [0.1, 0.15) is 4.99 Å². The maximum atomic E-state index is 5.77. The molecule has 0 radical (unpaired) electrons. The second-order valence-corrected chi connectivity index (χ2v) is 7.99. The molecule has 0 aromatic heterocycles. The summed E-state index contributed by atoms with van der Waals surface area (Å²) in [5, 5.41) is 0. The zero-order chi connectivity index (χ0) is 15.9. The molecule has 2 aliphatic rings. The molecule has 3 rings (SSSR count). The third-order valence-electron chi connectivity index (χ3n) is 5.52. The van der Waals surface area contributed by atoms with Gasteiger partial charge in [-0.15, -0.1) is 0 Å². The van der Waals surface area contributed by atoms with Crippen LogP contribution in [0.15, 0.2) is 18.2 Å². The van der Waals surface area contributed by atoms with Gasteiger partial charge in [-0.05, 0) is 69.2 Å². The highest BCUT2D eigenvalue weighted by atomic mass is 32.1. The number of piperidine rings is 1. The summed E-state index contributed by atoms with van der Waals surface area (Å²) in [6.07, 6.45) is 5.09. The standard InChI is InChI=1S/C19H28N2S/c1-14-13-19(2,3)20(4)17-9-8-15(12-16(14)17)18(22)21-10-6-5-7-11-21/h8-9,12,14H,5-7,10-11,13H2,1-4H3/t14-/m0/s1. The van der Waals surface area contributed by atoms with E-state index in [4.69, 9.17) is 12.2 Å². The third kappa shape index (κ3) is 2.76. The van der Waals surface area contributed by atoms with E-state index in [9.17, 15) is 0 Å². The van der Waals surface area contributed by atoms with Crippen molar-refractivity contribution in [2.24, 2.45) is 0 Å². The van der Waals surface area contributed by atoms with E-state index in [-0.39, 0.29) is 5.54 Å². The summed E-state index contributed by atoms with van der Waals surface area (Å²) in [5.41, 5.74) is 4.28. The lowest BCUT2D eigenvalue weighted by atomic mass is 9.80. The van der Waals surface area contributed by atoms with Gasteiger partial charge in [0.15, 0.2) is 0 Å². The number of likely N-dealkylation sites (tertiary alicyclic amines) is 1. The molecule has 1 aromatic carbocycles. The van der Waals surface area contributed by atoms with Crippen LogP contribution in [-0.4, -0.2) is 35.6 Å². The number of thiocarbonyl (C=S) groups is 1. The maximum absolute atomic E-state index is 5.77. The van der Waals surface area contributed by atoms with E-state index in [1.54, 1.807) is 0 Å². The molecule has 2 nitrogen and oxygen atoms in total. The quantitative estimate of drug-likeness (QED) is 0.701. The molecule has 2 aliphatic heterocycles. The van der Waals surface area contributed by atoms with E-state index in [2.05, 4.69) is 55.8 Å². The molecule has 1 saturated heterocycles. The lowest BCUT2D eigenvalue weighted by Gasteiger charge is -2.45. The number of rotatable bonds is 1. The van der Waals surface area contributed by atoms with Crippen LogP contribution in [0.25, 0.3) is 0 Å². The first-order chi connectivity index (χ1) is 10.4. The molecule has 2 heterocycles. The SMILES string of the molecule is C[C@H]1CC(C)(C)N(C)c2ccc(C(=S)N3CCCCC3)cc21. The molecule has 22 heavy (non-hydrogen) atoms. The van der Waals surface area contributed by atoms with Gasteiger partial charge in [-0.1, -0.05) is 19.1 Å². The molecule has 0 saturated carbocycles. The Hall–Kier alpha value is -1.09. The summed E-state index contributed by atoms with van der Waals surface area (Å²) >= 11 is 5.77. The van der Waals surface area contributed by atoms with Crippen molar-refractivity contribution in [1.29, 1.82) is 0 Å². The normalized spacial score (nSPS) is 24.1. The predicted molar refractivity (Wildman–Crippen MR) is 99.1 cm³/mol. The highest BCUT2D eigenvalue weighted by Crippen LogP contribution is 2.42. The van der Waals surface area contributed by atoms with Crippen molar-refractivity contribution in [3.63, 3.8) is 0 Å². The summed E-state index contributed by atoms with van der Waals surface area (Å²) in [6.45, 7) is 9.26. The van der Waals surface area contributed by atoms with Crippen LogP contribution in [0.2, 0.25) is 0 Å². The van der Waals surface area contributed by atoms with Crippen molar-refractivity contribution >= 4 is 22.9 Å². The first kappa shape index (κ1) is 15.8. The fraction of sp³-hybridized carbons (Fsp3) is 0.632. The number of benzene rings is 1. The van der Waals surface area contributed by atoms with Crippen molar-refractivity contribution in [1.82, 2.24) is 4.90 Å². The second kappa shape index (κ2) is 5.84. The van der Waals surface area contributed by atoms with Gasteiger partial charge in [-0.2, -0.15) is 0 Å². The summed E-state index contributed by atoms with van der Waals surface area (Å²) in [7, 11) is 2.22. The van der Waals surface area contributed by atoms with Crippen LogP contribution in [0, 0.1) is 0 Å². The van der Waals surface area contributed by atoms with Crippen LogP contribution in [0.3, 0.4) is 0 Å². The monoisotopic (exact) mass is 316 g/mol. The molecule has 1 aromatic rings. The topological polar surface area (TPSA) is 6.48 Å². The smallest absolute Gasteiger partial charge is 0.109 e. The van der Waals surface area contributed by atoms with E-state index in [0.29, 0.717) is 5.92 Å². The number of hydrogen-bond acceptors (Lipinski definition) is 2. The zero-order valence-corrected chi connectivity index (χ0v) is 15.2. The van der Waals surface area contributed by atoms with Crippen molar-refractivity contribution in [2.75, 3.05) is 25.0 Å². The Morgan fingerprint density at radius 3 is 2.55 bits per heavy atom. The molecule has 0 spiro atoms. The van der Waals surface area contributed by atoms with Gasteiger partial charge >= 0.3 is 0 Å². The van der Waals surface area contributed by atoms with E-state index in [1.807, 2.05) is 0 Å². The van der Waals surface area contributed by atoms with E-state index < -0.39 is 0 Å².